The maximum atomic E-state index is 12.0. The van der Waals surface area contributed by atoms with Crippen molar-refractivity contribution in [2.45, 2.75) is 25.8 Å². The van der Waals surface area contributed by atoms with Crippen LogP contribution in [-0.4, -0.2) is 40.4 Å². The Hall–Kier alpha value is -3.43. The highest BCUT2D eigenvalue weighted by atomic mass is 16.1. The summed E-state index contributed by atoms with van der Waals surface area (Å²) in [6.45, 7) is 3.67. The molecule has 0 spiro atoms. The van der Waals surface area contributed by atoms with E-state index in [1.165, 1.54) is 11.1 Å². The number of carbonyl (C=O) groups excluding carboxylic acids is 1. The van der Waals surface area contributed by atoms with Gasteiger partial charge in [-0.25, -0.2) is 4.98 Å². The molecule has 2 N–H and O–H groups in total. The van der Waals surface area contributed by atoms with Crippen LogP contribution < -0.4 is 5.32 Å². The monoisotopic (exact) mass is 399 g/mol. The second-order valence-electron chi connectivity index (χ2n) is 7.63. The number of unbranched alkanes of at least 4 members (excludes halogenated alkanes) is 1. The van der Waals surface area contributed by atoms with E-state index in [0.29, 0.717) is 6.54 Å². The molecule has 0 atom stereocenters. The van der Waals surface area contributed by atoms with Gasteiger partial charge in [0.1, 0.15) is 0 Å². The van der Waals surface area contributed by atoms with E-state index in [1.807, 2.05) is 36.4 Å². The molecule has 0 aliphatic carbocycles. The fraction of sp³-hybridized carbons (Fsp3) is 0.292. The minimum absolute atomic E-state index is 0.0695. The molecule has 30 heavy (non-hydrogen) atoms. The summed E-state index contributed by atoms with van der Waals surface area (Å²) in [5, 5.41) is 12.0. The molecule has 152 valence electrons. The van der Waals surface area contributed by atoms with E-state index < -0.39 is 0 Å². The van der Waals surface area contributed by atoms with Gasteiger partial charge in [0.2, 0.25) is 5.91 Å². The van der Waals surface area contributed by atoms with Gasteiger partial charge in [0.15, 0.2) is 0 Å². The molecule has 1 aliphatic heterocycles. The van der Waals surface area contributed by atoms with Crippen LogP contribution in [0.5, 0.6) is 0 Å². The molecular formula is C24H25N5O. The molecule has 0 bridgehead atoms. The Balaban J connectivity index is 1.15. The zero-order valence-corrected chi connectivity index (χ0v) is 16.9. The third-order valence-corrected chi connectivity index (χ3v) is 5.50. The van der Waals surface area contributed by atoms with Crippen LogP contribution in [-0.2, 0) is 17.8 Å². The number of aromatic nitrogens is 2. The molecule has 1 aliphatic rings. The molecule has 1 aromatic heterocycles. The lowest BCUT2D eigenvalue weighted by atomic mass is 9.97. The number of nitrogens with zero attached hydrogens (tertiary/aromatic N) is 3. The Bertz CT molecular complexity index is 1110. The summed E-state index contributed by atoms with van der Waals surface area (Å²) >= 11 is 0. The van der Waals surface area contributed by atoms with Crippen molar-refractivity contribution in [1.82, 2.24) is 20.2 Å². The SMILES string of the molecule is N#Cc1ccc2c(c1)CCN(CCCCNC(=O)C=Cc1ccc3nc[nH]c3c1)C2. The largest absolute Gasteiger partial charge is 0.353 e. The highest BCUT2D eigenvalue weighted by molar-refractivity contribution is 5.92. The van der Waals surface area contributed by atoms with E-state index in [9.17, 15) is 4.79 Å². The molecule has 0 fully saturated rings. The first-order valence-electron chi connectivity index (χ1n) is 10.3. The minimum Gasteiger partial charge on any atom is -0.353 e. The first-order valence-corrected chi connectivity index (χ1v) is 10.3. The van der Waals surface area contributed by atoms with Crippen molar-refractivity contribution < 1.29 is 4.79 Å². The average Bonchev–Trinajstić information content (AvgIpc) is 3.25. The summed E-state index contributed by atoms with van der Waals surface area (Å²) in [6.07, 6.45) is 8.06. The second kappa shape index (κ2) is 9.38. The van der Waals surface area contributed by atoms with Crippen LogP contribution in [0, 0.1) is 11.3 Å². The van der Waals surface area contributed by atoms with Gasteiger partial charge >= 0.3 is 0 Å². The van der Waals surface area contributed by atoms with E-state index in [0.717, 1.165) is 61.1 Å². The van der Waals surface area contributed by atoms with E-state index >= 15 is 0 Å². The Morgan fingerprint density at radius 1 is 1.23 bits per heavy atom. The standard InChI is InChI=1S/C24H25N5O/c25-15-19-3-6-21-16-29(12-9-20(21)13-19)11-2-1-10-26-24(30)8-5-18-4-7-22-23(14-18)28-17-27-22/h3-8,13-14,17H,1-2,9-12,16H2,(H,26,30)(H,27,28). The first-order chi connectivity index (χ1) is 14.7. The molecule has 6 nitrogen and oxygen atoms in total. The number of rotatable bonds is 7. The van der Waals surface area contributed by atoms with Crippen LogP contribution in [0.4, 0.5) is 0 Å². The number of hydrogen-bond donors (Lipinski definition) is 2. The molecule has 0 saturated heterocycles. The molecule has 2 aromatic carbocycles. The van der Waals surface area contributed by atoms with Gasteiger partial charge in [-0.05, 0) is 72.8 Å². The number of nitrogens with one attached hydrogen (secondary N) is 2. The topological polar surface area (TPSA) is 84.8 Å². The number of fused-ring (bicyclic) bond motifs is 2. The summed E-state index contributed by atoms with van der Waals surface area (Å²) in [6, 6.07) is 14.1. The molecule has 6 heteroatoms. The Kier molecular flexibility index (Phi) is 6.21. The summed E-state index contributed by atoms with van der Waals surface area (Å²) in [4.78, 5) is 21.7. The number of H-pyrrole nitrogens is 1. The van der Waals surface area contributed by atoms with Crippen LogP contribution in [0.2, 0.25) is 0 Å². The van der Waals surface area contributed by atoms with Crippen molar-refractivity contribution in [1.29, 1.82) is 5.26 Å². The van der Waals surface area contributed by atoms with Crippen molar-refractivity contribution in [3.63, 3.8) is 0 Å². The van der Waals surface area contributed by atoms with Crippen LogP contribution in [0.1, 0.15) is 35.1 Å². The number of carbonyl (C=O) groups is 1. The number of imidazole rings is 1. The normalized spacial score (nSPS) is 14.0. The van der Waals surface area contributed by atoms with Gasteiger partial charge in [-0.1, -0.05) is 12.1 Å². The van der Waals surface area contributed by atoms with E-state index in [-0.39, 0.29) is 5.91 Å². The van der Waals surface area contributed by atoms with Crippen molar-refractivity contribution >= 4 is 23.0 Å². The van der Waals surface area contributed by atoms with Gasteiger partial charge in [0.25, 0.3) is 0 Å². The number of hydrogen-bond acceptors (Lipinski definition) is 4. The van der Waals surface area contributed by atoms with Crippen LogP contribution in [0.3, 0.4) is 0 Å². The predicted octanol–water partition coefficient (Wildman–Crippen LogP) is 3.40. The second-order valence-corrected chi connectivity index (χ2v) is 7.63. The van der Waals surface area contributed by atoms with Crippen molar-refractivity contribution in [2.24, 2.45) is 0 Å². The quantitative estimate of drug-likeness (QED) is 0.471. The summed E-state index contributed by atoms with van der Waals surface area (Å²) < 4.78 is 0. The lowest BCUT2D eigenvalue weighted by molar-refractivity contribution is -0.116. The van der Waals surface area contributed by atoms with E-state index in [4.69, 9.17) is 5.26 Å². The maximum Gasteiger partial charge on any atom is 0.243 e. The predicted molar refractivity (Wildman–Crippen MR) is 118 cm³/mol. The fourth-order valence-electron chi connectivity index (χ4n) is 3.83. The third-order valence-electron chi connectivity index (χ3n) is 5.50. The Morgan fingerprint density at radius 3 is 3.07 bits per heavy atom. The molecule has 4 rings (SSSR count). The fourth-order valence-corrected chi connectivity index (χ4v) is 3.83. The zero-order valence-electron chi connectivity index (χ0n) is 16.9. The van der Waals surface area contributed by atoms with Gasteiger partial charge in [-0.2, -0.15) is 5.26 Å². The van der Waals surface area contributed by atoms with E-state index in [2.05, 4.69) is 32.3 Å². The molecule has 0 saturated carbocycles. The number of nitriles is 1. The maximum absolute atomic E-state index is 12.0. The lowest BCUT2D eigenvalue weighted by Gasteiger charge is -2.28. The van der Waals surface area contributed by atoms with Crippen molar-refractivity contribution in [3.05, 3.63) is 71.1 Å². The molecular weight excluding hydrogens is 374 g/mol. The van der Waals surface area contributed by atoms with Crippen LogP contribution in [0.15, 0.2) is 48.8 Å². The van der Waals surface area contributed by atoms with Gasteiger partial charge < -0.3 is 10.3 Å². The number of benzene rings is 2. The Labute approximate surface area is 176 Å². The summed E-state index contributed by atoms with van der Waals surface area (Å²) in [5.41, 5.74) is 6.22. The van der Waals surface area contributed by atoms with Crippen molar-refractivity contribution in [3.8, 4) is 6.07 Å². The zero-order chi connectivity index (χ0) is 20.8. The molecule has 0 unspecified atom stereocenters. The molecule has 0 radical (unpaired) electrons. The van der Waals surface area contributed by atoms with Gasteiger partial charge in [0.05, 0.1) is 29.0 Å². The smallest absolute Gasteiger partial charge is 0.243 e. The summed E-state index contributed by atoms with van der Waals surface area (Å²) in [7, 11) is 0. The van der Waals surface area contributed by atoms with Gasteiger partial charge in [-0.15, -0.1) is 0 Å². The highest BCUT2D eigenvalue weighted by Gasteiger charge is 2.16. The molecule has 3 aromatic rings. The first kappa shape index (κ1) is 19.9. The van der Waals surface area contributed by atoms with Gasteiger partial charge in [-0.3, -0.25) is 9.69 Å². The highest BCUT2D eigenvalue weighted by Crippen LogP contribution is 2.20. The van der Waals surface area contributed by atoms with Crippen LogP contribution >= 0.6 is 0 Å². The molecule has 2 heterocycles. The number of aromatic amines is 1. The third kappa shape index (κ3) is 4.94. The average molecular weight is 399 g/mol. The van der Waals surface area contributed by atoms with Gasteiger partial charge in [0, 0.05) is 25.7 Å². The molecule has 1 amide bonds. The van der Waals surface area contributed by atoms with E-state index in [1.54, 1.807) is 12.4 Å². The lowest BCUT2D eigenvalue weighted by Crippen LogP contribution is -2.32. The Morgan fingerprint density at radius 2 is 2.17 bits per heavy atom. The van der Waals surface area contributed by atoms with Crippen molar-refractivity contribution in [2.75, 3.05) is 19.6 Å². The summed E-state index contributed by atoms with van der Waals surface area (Å²) in [5.74, 6) is -0.0695. The van der Waals surface area contributed by atoms with Crippen LogP contribution in [0.25, 0.3) is 17.1 Å². The number of amides is 1. The minimum atomic E-state index is -0.0695.